The number of imide groups is 1. The van der Waals surface area contributed by atoms with Crippen molar-refractivity contribution in [3.8, 4) is 10.6 Å². The molecule has 1 aromatic heterocycles. The molecule has 100 valence electrons. The van der Waals surface area contributed by atoms with Crippen LogP contribution < -0.4 is 5.32 Å². The number of carbonyl (C=O) groups excluding carboxylic acids is 3. The van der Waals surface area contributed by atoms with Crippen molar-refractivity contribution < 1.29 is 14.4 Å². The second-order valence-corrected chi connectivity index (χ2v) is 6.17. The van der Waals surface area contributed by atoms with Gasteiger partial charge in [-0.1, -0.05) is 28.1 Å². The van der Waals surface area contributed by atoms with Gasteiger partial charge in [-0.2, -0.15) is 0 Å². The third kappa shape index (κ3) is 2.19. The molecule has 1 aliphatic heterocycles. The van der Waals surface area contributed by atoms with E-state index in [1.54, 1.807) is 0 Å². The fourth-order valence-electron chi connectivity index (χ4n) is 1.90. The maximum atomic E-state index is 11.6. The lowest BCUT2D eigenvalue weighted by atomic mass is 10.1. The molecule has 0 bridgehead atoms. The summed E-state index contributed by atoms with van der Waals surface area (Å²) in [5, 5.41) is 2.72. The van der Waals surface area contributed by atoms with Crippen LogP contribution in [0.15, 0.2) is 34.9 Å². The highest BCUT2D eigenvalue weighted by molar-refractivity contribution is 9.10. The first-order valence-electron chi connectivity index (χ1n) is 5.67. The van der Waals surface area contributed by atoms with Crippen molar-refractivity contribution in [2.45, 2.75) is 5.92 Å². The number of thiazole rings is 1. The van der Waals surface area contributed by atoms with Gasteiger partial charge in [-0.05, 0) is 12.1 Å². The molecule has 0 spiro atoms. The van der Waals surface area contributed by atoms with Crippen LogP contribution in [0.1, 0.15) is 10.8 Å². The molecule has 1 N–H and O–H groups in total. The number of hydrogen-bond donors (Lipinski definition) is 1. The van der Waals surface area contributed by atoms with Gasteiger partial charge < -0.3 is 0 Å². The minimum atomic E-state index is -1.05. The van der Waals surface area contributed by atoms with Crippen LogP contribution in [-0.2, 0) is 14.4 Å². The Labute approximate surface area is 126 Å². The largest absolute Gasteiger partial charge is 0.295 e. The molecule has 1 unspecified atom stereocenters. The first-order valence-corrected chi connectivity index (χ1v) is 7.28. The predicted molar refractivity (Wildman–Crippen MR) is 76.1 cm³/mol. The van der Waals surface area contributed by atoms with Crippen LogP contribution in [0.25, 0.3) is 10.6 Å². The van der Waals surface area contributed by atoms with E-state index < -0.39 is 23.5 Å². The second-order valence-electron chi connectivity index (χ2n) is 4.19. The zero-order chi connectivity index (χ0) is 14.3. The van der Waals surface area contributed by atoms with E-state index in [9.17, 15) is 14.4 Å². The Morgan fingerprint density at radius 1 is 1.15 bits per heavy atom. The van der Waals surface area contributed by atoms with Gasteiger partial charge in [0.1, 0.15) is 10.9 Å². The number of halogens is 1. The van der Waals surface area contributed by atoms with E-state index in [-0.39, 0.29) is 0 Å². The fourth-order valence-corrected chi connectivity index (χ4v) is 3.18. The number of Topliss-reactive ketones (excluding diaryl/α,β-unsaturated/α-hetero) is 1. The van der Waals surface area contributed by atoms with Gasteiger partial charge in [0, 0.05) is 21.1 Å². The van der Waals surface area contributed by atoms with Crippen molar-refractivity contribution in [1.29, 1.82) is 0 Å². The van der Waals surface area contributed by atoms with Gasteiger partial charge in [0.15, 0.2) is 0 Å². The van der Waals surface area contributed by atoms with Crippen LogP contribution in [0, 0.1) is 0 Å². The van der Waals surface area contributed by atoms with Gasteiger partial charge in [0.05, 0.1) is 0 Å². The number of benzene rings is 1. The minimum absolute atomic E-state index is 0.483. The van der Waals surface area contributed by atoms with E-state index in [2.05, 4.69) is 20.9 Å². The summed E-state index contributed by atoms with van der Waals surface area (Å²) in [4.78, 5) is 39.1. The molecule has 1 fully saturated rings. The van der Waals surface area contributed by atoms with Gasteiger partial charge >= 0.3 is 0 Å². The molecule has 2 amide bonds. The average Bonchev–Trinajstić information content (AvgIpc) is 2.97. The molecular weight excluding hydrogens is 344 g/mol. The van der Waals surface area contributed by atoms with Crippen molar-refractivity contribution in [3.05, 3.63) is 39.8 Å². The number of hydrogen-bond acceptors (Lipinski definition) is 5. The molecule has 0 saturated carbocycles. The summed E-state index contributed by atoms with van der Waals surface area (Å²) in [5.74, 6) is -3.20. The molecule has 1 saturated heterocycles. The molecule has 1 aliphatic rings. The molecule has 1 aromatic carbocycles. The monoisotopic (exact) mass is 350 g/mol. The van der Waals surface area contributed by atoms with Crippen molar-refractivity contribution in [1.82, 2.24) is 10.3 Å². The SMILES string of the molecule is O=C1NC(=O)C(c2cnc(-c3ccc(Br)cc3)s2)C1=O. The van der Waals surface area contributed by atoms with Gasteiger partial charge in [-0.25, -0.2) is 4.98 Å². The number of carbonyl (C=O) groups is 3. The molecule has 3 rings (SSSR count). The number of aromatic nitrogens is 1. The van der Waals surface area contributed by atoms with Gasteiger partial charge in [0.2, 0.25) is 11.7 Å². The van der Waals surface area contributed by atoms with Crippen LogP contribution in [-0.4, -0.2) is 22.6 Å². The highest BCUT2D eigenvalue weighted by Crippen LogP contribution is 2.32. The minimum Gasteiger partial charge on any atom is -0.289 e. The van der Waals surface area contributed by atoms with Gasteiger partial charge in [-0.15, -0.1) is 11.3 Å². The van der Waals surface area contributed by atoms with Crippen molar-refractivity contribution in [3.63, 3.8) is 0 Å². The van der Waals surface area contributed by atoms with Crippen LogP contribution in [0.3, 0.4) is 0 Å². The van der Waals surface area contributed by atoms with Crippen molar-refractivity contribution >= 4 is 44.9 Å². The highest BCUT2D eigenvalue weighted by Gasteiger charge is 2.42. The molecule has 2 aromatic rings. The van der Waals surface area contributed by atoms with E-state index in [0.29, 0.717) is 9.88 Å². The summed E-state index contributed by atoms with van der Waals surface area (Å²) in [6.45, 7) is 0. The average molecular weight is 351 g/mol. The predicted octanol–water partition coefficient (Wildman–Crippen LogP) is 1.88. The van der Waals surface area contributed by atoms with Crippen molar-refractivity contribution in [2.24, 2.45) is 0 Å². The Kier molecular flexibility index (Phi) is 3.23. The van der Waals surface area contributed by atoms with Crippen LogP contribution in [0.4, 0.5) is 0 Å². The first-order chi connectivity index (χ1) is 9.56. The summed E-state index contributed by atoms with van der Waals surface area (Å²) in [6, 6.07) is 7.53. The van der Waals surface area contributed by atoms with E-state index in [0.717, 1.165) is 10.0 Å². The van der Waals surface area contributed by atoms with Crippen LogP contribution in [0.5, 0.6) is 0 Å². The van der Waals surface area contributed by atoms with Gasteiger partial charge in [-0.3, -0.25) is 19.7 Å². The first kappa shape index (κ1) is 13.1. The van der Waals surface area contributed by atoms with E-state index >= 15 is 0 Å². The summed E-state index contributed by atoms with van der Waals surface area (Å²) < 4.78 is 0.953. The third-order valence-electron chi connectivity index (χ3n) is 2.88. The standard InChI is InChI=1S/C13H7BrN2O3S/c14-7-3-1-6(2-4-7)13-15-5-8(20-13)9-10(17)12(19)16-11(9)18/h1-5,9H,(H,16,18,19). The Hall–Kier alpha value is -1.86. The Morgan fingerprint density at radius 3 is 2.45 bits per heavy atom. The lowest BCUT2D eigenvalue weighted by Crippen LogP contribution is -2.21. The van der Waals surface area contributed by atoms with Crippen molar-refractivity contribution in [2.75, 3.05) is 0 Å². The smallest absolute Gasteiger partial charge is 0.289 e. The van der Waals surface area contributed by atoms with E-state index in [1.807, 2.05) is 29.6 Å². The Bertz CT molecular complexity index is 723. The molecule has 5 nitrogen and oxygen atoms in total. The maximum Gasteiger partial charge on any atom is 0.295 e. The molecule has 0 radical (unpaired) electrons. The summed E-state index contributed by atoms with van der Waals surface area (Å²) in [5.41, 5.74) is 0.890. The summed E-state index contributed by atoms with van der Waals surface area (Å²) in [6.07, 6.45) is 1.47. The molecule has 1 atom stereocenters. The molecular formula is C13H7BrN2O3S. The molecule has 7 heteroatoms. The number of rotatable bonds is 2. The number of amides is 2. The van der Waals surface area contributed by atoms with E-state index in [4.69, 9.17) is 0 Å². The Morgan fingerprint density at radius 2 is 1.85 bits per heavy atom. The topological polar surface area (TPSA) is 76.1 Å². The lowest BCUT2D eigenvalue weighted by Gasteiger charge is -1.99. The van der Waals surface area contributed by atoms with Crippen LogP contribution in [0.2, 0.25) is 0 Å². The summed E-state index contributed by atoms with van der Waals surface area (Å²) in [7, 11) is 0. The number of ketones is 1. The maximum absolute atomic E-state index is 11.6. The highest BCUT2D eigenvalue weighted by atomic mass is 79.9. The second kappa shape index (κ2) is 4.92. The molecule has 2 heterocycles. The molecule has 0 aliphatic carbocycles. The fraction of sp³-hybridized carbons (Fsp3) is 0.0769. The number of nitrogens with zero attached hydrogens (tertiary/aromatic N) is 1. The zero-order valence-corrected chi connectivity index (χ0v) is 12.3. The van der Waals surface area contributed by atoms with Crippen LogP contribution >= 0.6 is 27.3 Å². The lowest BCUT2D eigenvalue weighted by molar-refractivity contribution is -0.135. The summed E-state index contributed by atoms with van der Waals surface area (Å²) >= 11 is 4.59. The third-order valence-corrected chi connectivity index (χ3v) is 4.52. The molecule has 20 heavy (non-hydrogen) atoms. The zero-order valence-electron chi connectivity index (χ0n) is 9.92. The van der Waals surface area contributed by atoms with Gasteiger partial charge in [0.25, 0.3) is 5.91 Å². The van der Waals surface area contributed by atoms with E-state index in [1.165, 1.54) is 17.5 Å². The normalized spacial score (nSPS) is 18.4. The Balaban J connectivity index is 1.94. The number of nitrogens with one attached hydrogen (secondary N) is 1. The quantitative estimate of drug-likeness (QED) is 0.509.